The number of hydrogen-bond donors (Lipinski definition) is 0. The highest BCUT2D eigenvalue weighted by Crippen LogP contribution is 2.33. The first-order chi connectivity index (χ1) is 12.7. The van der Waals surface area contributed by atoms with Crippen molar-refractivity contribution in [2.75, 3.05) is 13.1 Å². The first kappa shape index (κ1) is 17.5. The Bertz CT molecular complexity index is 769. The molecule has 0 radical (unpaired) electrons. The lowest BCUT2D eigenvalue weighted by Crippen LogP contribution is -2.42. The molecule has 1 saturated heterocycles. The van der Waals surface area contributed by atoms with Crippen LogP contribution in [0.2, 0.25) is 0 Å². The topological polar surface area (TPSA) is 63.9 Å². The van der Waals surface area contributed by atoms with Gasteiger partial charge in [0.1, 0.15) is 0 Å². The van der Waals surface area contributed by atoms with Gasteiger partial charge in [0.05, 0.1) is 5.92 Å². The molecule has 1 fully saturated rings. The van der Waals surface area contributed by atoms with Gasteiger partial charge in [0, 0.05) is 29.8 Å². The van der Waals surface area contributed by atoms with Crippen LogP contribution in [-0.2, 0) is 11.3 Å². The standard InChI is InChI=1S/C19H25N5OS/c1-14-5-4-6-16(13-14)26-15-8-11-23(12-9-15)19(25)17-7-2-3-10-24-18(17)20-21-22-24/h4-6,13,15,17H,2-3,7-12H2,1H3/t17-/m0/s1. The van der Waals surface area contributed by atoms with Crippen LogP contribution >= 0.6 is 11.8 Å². The number of tetrazole rings is 1. The van der Waals surface area contributed by atoms with E-state index < -0.39 is 0 Å². The van der Waals surface area contributed by atoms with Crippen molar-refractivity contribution in [3.8, 4) is 0 Å². The minimum atomic E-state index is -0.173. The largest absolute Gasteiger partial charge is 0.342 e. The highest BCUT2D eigenvalue weighted by molar-refractivity contribution is 8.00. The summed E-state index contributed by atoms with van der Waals surface area (Å²) in [6.45, 7) is 4.62. The van der Waals surface area contributed by atoms with Crippen molar-refractivity contribution >= 4 is 17.7 Å². The van der Waals surface area contributed by atoms with Gasteiger partial charge in [0.15, 0.2) is 5.82 Å². The number of carbonyl (C=O) groups excluding carboxylic acids is 1. The maximum absolute atomic E-state index is 13.1. The van der Waals surface area contributed by atoms with E-state index in [-0.39, 0.29) is 11.8 Å². The van der Waals surface area contributed by atoms with E-state index >= 15 is 0 Å². The minimum Gasteiger partial charge on any atom is -0.342 e. The molecule has 2 aliphatic heterocycles. The zero-order valence-corrected chi connectivity index (χ0v) is 16.0. The Balaban J connectivity index is 1.37. The fourth-order valence-corrected chi connectivity index (χ4v) is 5.13. The van der Waals surface area contributed by atoms with Crippen LogP contribution in [0.4, 0.5) is 0 Å². The number of amides is 1. The van der Waals surface area contributed by atoms with Crippen LogP contribution in [0.15, 0.2) is 29.2 Å². The maximum atomic E-state index is 13.1. The van der Waals surface area contributed by atoms with E-state index in [0.717, 1.165) is 57.6 Å². The SMILES string of the molecule is Cc1cccc(SC2CCN(C(=O)[C@H]3CCCCn4nnnc43)CC2)c1. The van der Waals surface area contributed by atoms with E-state index in [1.54, 1.807) is 0 Å². The van der Waals surface area contributed by atoms with Gasteiger partial charge in [-0.1, -0.05) is 24.1 Å². The Morgan fingerprint density at radius 3 is 2.81 bits per heavy atom. The predicted molar refractivity (Wildman–Crippen MR) is 101 cm³/mol. The molecule has 6 nitrogen and oxygen atoms in total. The van der Waals surface area contributed by atoms with Crippen LogP contribution in [0.1, 0.15) is 49.4 Å². The Hall–Kier alpha value is -1.89. The second kappa shape index (κ2) is 7.78. The van der Waals surface area contributed by atoms with Crippen molar-refractivity contribution in [1.29, 1.82) is 0 Å². The molecule has 1 amide bonds. The summed E-state index contributed by atoms with van der Waals surface area (Å²) in [7, 11) is 0. The van der Waals surface area contributed by atoms with Gasteiger partial charge in [-0.05, 0) is 55.2 Å². The van der Waals surface area contributed by atoms with Gasteiger partial charge in [0.2, 0.25) is 5.91 Å². The van der Waals surface area contributed by atoms with Gasteiger partial charge in [-0.25, -0.2) is 4.68 Å². The number of piperidine rings is 1. The van der Waals surface area contributed by atoms with E-state index in [0.29, 0.717) is 5.25 Å². The molecule has 1 aromatic heterocycles. The van der Waals surface area contributed by atoms with Crippen LogP contribution in [0.5, 0.6) is 0 Å². The molecule has 2 aromatic rings. The van der Waals surface area contributed by atoms with Crippen LogP contribution in [0.25, 0.3) is 0 Å². The molecule has 138 valence electrons. The summed E-state index contributed by atoms with van der Waals surface area (Å²) >= 11 is 1.95. The van der Waals surface area contributed by atoms with E-state index in [1.165, 1.54) is 10.5 Å². The summed E-state index contributed by atoms with van der Waals surface area (Å²) in [4.78, 5) is 16.4. The molecule has 7 heteroatoms. The predicted octanol–water partition coefficient (Wildman–Crippen LogP) is 3.03. The lowest BCUT2D eigenvalue weighted by Gasteiger charge is -2.33. The highest BCUT2D eigenvalue weighted by atomic mass is 32.2. The van der Waals surface area contributed by atoms with Crippen molar-refractivity contribution in [3.05, 3.63) is 35.7 Å². The summed E-state index contributed by atoms with van der Waals surface area (Å²) < 4.78 is 1.82. The number of rotatable bonds is 3. The smallest absolute Gasteiger partial charge is 0.233 e. The highest BCUT2D eigenvalue weighted by Gasteiger charge is 2.33. The molecule has 26 heavy (non-hydrogen) atoms. The van der Waals surface area contributed by atoms with Crippen molar-refractivity contribution in [2.45, 2.75) is 61.6 Å². The van der Waals surface area contributed by atoms with E-state index in [4.69, 9.17) is 0 Å². The number of nitrogens with zero attached hydrogens (tertiary/aromatic N) is 5. The number of thioether (sulfide) groups is 1. The second-order valence-electron chi connectivity index (χ2n) is 7.27. The second-order valence-corrected chi connectivity index (χ2v) is 8.64. The number of hydrogen-bond acceptors (Lipinski definition) is 5. The molecular formula is C19H25N5OS. The van der Waals surface area contributed by atoms with Gasteiger partial charge in [0.25, 0.3) is 0 Å². The molecule has 0 bridgehead atoms. The third-order valence-electron chi connectivity index (χ3n) is 5.33. The number of aryl methyl sites for hydroxylation is 2. The maximum Gasteiger partial charge on any atom is 0.233 e. The lowest BCUT2D eigenvalue weighted by molar-refractivity contribution is -0.134. The molecule has 1 atom stereocenters. The van der Waals surface area contributed by atoms with E-state index in [9.17, 15) is 4.79 Å². The van der Waals surface area contributed by atoms with Crippen LogP contribution in [-0.4, -0.2) is 49.4 Å². The molecule has 3 heterocycles. The molecule has 2 aliphatic rings. The molecule has 0 spiro atoms. The Morgan fingerprint density at radius 1 is 1.15 bits per heavy atom. The Morgan fingerprint density at radius 2 is 2.00 bits per heavy atom. The van der Waals surface area contributed by atoms with Gasteiger partial charge in [-0.2, -0.15) is 0 Å². The lowest BCUT2D eigenvalue weighted by atomic mass is 9.99. The van der Waals surface area contributed by atoms with E-state index in [1.807, 2.05) is 21.3 Å². The molecule has 0 unspecified atom stereocenters. The normalized spacial score (nSPS) is 21.3. The van der Waals surface area contributed by atoms with Gasteiger partial charge >= 0.3 is 0 Å². The molecule has 0 aliphatic carbocycles. The summed E-state index contributed by atoms with van der Waals surface area (Å²) in [5, 5.41) is 12.5. The van der Waals surface area contributed by atoms with Gasteiger partial charge in [-0.3, -0.25) is 4.79 Å². The molecule has 0 saturated carbocycles. The fraction of sp³-hybridized carbons (Fsp3) is 0.579. The van der Waals surface area contributed by atoms with Crippen LogP contribution in [0, 0.1) is 6.92 Å². The Labute approximate surface area is 158 Å². The first-order valence-electron chi connectivity index (χ1n) is 9.49. The summed E-state index contributed by atoms with van der Waals surface area (Å²) in [5.41, 5.74) is 1.30. The molecular weight excluding hydrogens is 346 g/mol. The average molecular weight is 372 g/mol. The summed E-state index contributed by atoms with van der Waals surface area (Å²) in [6.07, 6.45) is 5.03. The monoisotopic (exact) mass is 371 g/mol. The first-order valence-corrected chi connectivity index (χ1v) is 10.4. The van der Waals surface area contributed by atoms with E-state index in [2.05, 4.69) is 46.7 Å². The third kappa shape index (κ3) is 3.77. The van der Waals surface area contributed by atoms with Crippen molar-refractivity contribution in [1.82, 2.24) is 25.1 Å². The summed E-state index contributed by atoms with van der Waals surface area (Å²) in [5.74, 6) is 0.791. The molecule has 4 rings (SSSR count). The zero-order valence-electron chi connectivity index (χ0n) is 15.2. The number of carbonyl (C=O) groups is 1. The number of likely N-dealkylation sites (tertiary alicyclic amines) is 1. The van der Waals surface area contributed by atoms with Crippen molar-refractivity contribution < 1.29 is 4.79 Å². The third-order valence-corrected chi connectivity index (χ3v) is 6.66. The number of fused-ring (bicyclic) bond motifs is 1. The minimum absolute atomic E-state index is 0.173. The Kier molecular flexibility index (Phi) is 5.24. The number of aromatic nitrogens is 4. The zero-order chi connectivity index (χ0) is 17.9. The molecule has 1 aromatic carbocycles. The van der Waals surface area contributed by atoms with Gasteiger partial charge in [-0.15, -0.1) is 16.9 Å². The number of benzene rings is 1. The summed E-state index contributed by atoms with van der Waals surface area (Å²) in [6, 6.07) is 8.67. The van der Waals surface area contributed by atoms with Crippen molar-refractivity contribution in [3.63, 3.8) is 0 Å². The van der Waals surface area contributed by atoms with Crippen LogP contribution < -0.4 is 0 Å². The average Bonchev–Trinajstić information content (AvgIpc) is 3.01. The molecule has 0 N–H and O–H groups in total. The van der Waals surface area contributed by atoms with Crippen molar-refractivity contribution in [2.24, 2.45) is 0 Å². The quantitative estimate of drug-likeness (QED) is 0.830. The fourth-order valence-electron chi connectivity index (χ4n) is 3.89. The van der Waals surface area contributed by atoms with Gasteiger partial charge < -0.3 is 4.90 Å². The van der Waals surface area contributed by atoms with Crippen LogP contribution in [0.3, 0.4) is 0 Å².